The molecule has 1 aromatic heterocycles. The predicted octanol–water partition coefficient (Wildman–Crippen LogP) is 1.56. The van der Waals surface area contributed by atoms with Crippen LogP contribution in [-0.4, -0.2) is 41.0 Å². The molecular formula is C15H26N4O. The van der Waals surface area contributed by atoms with Gasteiger partial charge in [0.25, 0.3) is 5.56 Å². The molecular weight excluding hydrogens is 252 g/mol. The van der Waals surface area contributed by atoms with E-state index < -0.39 is 0 Å². The third kappa shape index (κ3) is 3.10. The zero-order valence-corrected chi connectivity index (χ0v) is 13.0. The van der Waals surface area contributed by atoms with Crippen LogP contribution in [0.5, 0.6) is 0 Å². The molecule has 5 nitrogen and oxygen atoms in total. The largest absolute Gasteiger partial charge is 0.314 e. The van der Waals surface area contributed by atoms with Gasteiger partial charge >= 0.3 is 0 Å². The van der Waals surface area contributed by atoms with E-state index in [1.54, 1.807) is 0 Å². The van der Waals surface area contributed by atoms with Gasteiger partial charge in [-0.1, -0.05) is 20.8 Å². The molecule has 1 aliphatic heterocycles. The van der Waals surface area contributed by atoms with Gasteiger partial charge in [-0.15, -0.1) is 0 Å². The molecule has 0 radical (unpaired) electrons. The molecule has 2 heterocycles. The third-order valence-corrected chi connectivity index (χ3v) is 4.04. The van der Waals surface area contributed by atoms with Crippen LogP contribution < -0.4 is 10.9 Å². The molecule has 1 fully saturated rings. The van der Waals surface area contributed by atoms with Crippen LogP contribution in [-0.2, 0) is 0 Å². The molecule has 0 amide bonds. The predicted molar refractivity (Wildman–Crippen MR) is 81.2 cm³/mol. The molecule has 1 aromatic rings. The van der Waals surface area contributed by atoms with Crippen molar-refractivity contribution in [1.82, 2.24) is 20.2 Å². The van der Waals surface area contributed by atoms with Crippen molar-refractivity contribution in [2.24, 2.45) is 0 Å². The number of aromatic amines is 1. The molecule has 1 atom stereocenters. The highest BCUT2D eigenvalue weighted by Gasteiger charge is 2.23. The summed E-state index contributed by atoms with van der Waals surface area (Å²) < 4.78 is 0. The molecule has 112 valence electrons. The average Bonchev–Trinajstić information content (AvgIpc) is 2.39. The maximum Gasteiger partial charge on any atom is 0.254 e. The van der Waals surface area contributed by atoms with Crippen molar-refractivity contribution in [3.05, 3.63) is 27.4 Å². The standard InChI is InChI=1S/C15H26N4O/c1-5-12(19-8-6-16-7-9-19)14-17-11(4)13(10(2)3)15(20)18-14/h10,12,16H,5-9H2,1-4H3,(H,17,18,20). The highest BCUT2D eigenvalue weighted by molar-refractivity contribution is 5.20. The van der Waals surface area contributed by atoms with E-state index in [2.05, 4.69) is 27.1 Å². The van der Waals surface area contributed by atoms with Gasteiger partial charge in [-0.2, -0.15) is 0 Å². The second kappa shape index (κ2) is 6.50. The lowest BCUT2D eigenvalue weighted by Crippen LogP contribution is -2.45. The Hall–Kier alpha value is -1.20. The molecule has 0 spiro atoms. The van der Waals surface area contributed by atoms with Crippen LogP contribution in [0.25, 0.3) is 0 Å². The molecule has 2 N–H and O–H groups in total. The van der Waals surface area contributed by atoms with Gasteiger partial charge in [-0.3, -0.25) is 9.69 Å². The second-order valence-electron chi connectivity index (χ2n) is 5.81. The first-order chi connectivity index (χ1) is 9.54. The van der Waals surface area contributed by atoms with E-state index in [1.165, 1.54) is 0 Å². The molecule has 1 saturated heterocycles. The summed E-state index contributed by atoms with van der Waals surface area (Å²) in [6.07, 6.45) is 0.962. The smallest absolute Gasteiger partial charge is 0.254 e. The second-order valence-corrected chi connectivity index (χ2v) is 5.81. The van der Waals surface area contributed by atoms with Gasteiger partial charge in [-0.25, -0.2) is 4.98 Å². The van der Waals surface area contributed by atoms with Crippen molar-refractivity contribution in [2.75, 3.05) is 26.2 Å². The van der Waals surface area contributed by atoms with Gasteiger partial charge in [0.1, 0.15) is 5.82 Å². The van der Waals surface area contributed by atoms with Crippen molar-refractivity contribution in [3.63, 3.8) is 0 Å². The molecule has 0 saturated carbocycles. The van der Waals surface area contributed by atoms with E-state index in [0.717, 1.165) is 49.7 Å². The van der Waals surface area contributed by atoms with E-state index in [1.807, 2.05) is 20.8 Å². The minimum Gasteiger partial charge on any atom is -0.314 e. The first kappa shape index (κ1) is 15.2. The molecule has 1 aliphatic rings. The highest BCUT2D eigenvalue weighted by Crippen LogP contribution is 2.22. The maximum atomic E-state index is 12.3. The van der Waals surface area contributed by atoms with Gasteiger partial charge in [-0.05, 0) is 19.3 Å². The van der Waals surface area contributed by atoms with Crippen LogP contribution in [0.4, 0.5) is 0 Å². The molecule has 0 aromatic carbocycles. The van der Waals surface area contributed by atoms with Gasteiger partial charge in [0.15, 0.2) is 0 Å². The Balaban J connectivity index is 2.33. The number of hydrogen-bond acceptors (Lipinski definition) is 4. The number of aryl methyl sites for hydroxylation is 1. The van der Waals surface area contributed by atoms with Gasteiger partial charge in [0.2, 0.25) is 0 Å². The molecule has 2 rings (SSSR count). The number of aromatic nitrogens is 2. The number of nitrogens with zero attached hydrogens (tertiary/aromatic N) is 2. The Labute approximate surface area is 120 Å². The lowest BCUT2D eigenvalue weighted by molar-refractivity contribution is 0.162. The zero-order chi connectivity index (χ0) is 14.7. The summed E-state index contributed by atoms with van der Waals surface area (Å²) >= 11 is 0. The van der Waals surface area contributed by atoms with E-state index >= 15 is 0 Å². The van der Waals surface area contributed by atoms with Crippen molar-refractivity contribution in [3.8, 4) is 0 Å². The first-order valence-electron chi connectivity index (χ1n) is 7.60. The highest BCUT2D eigenvalue weighted by atomic mass is 16.1. The van der Waals surface area contributed by atoms with Crippen LogP contribution in [0.15, 0.2) is 4.79 Å². The van der Waals surface area contributed by atoms with Crippen molar-refractivity contribution in [2.45, 2.75) is 46.1 Å². The van der Waals surface area contributed by atoms with Gasteiger partial charge < -0.3 is 10.3 Å². The maximum absolute atomic E-state index is 12.3. The number of nitrogens with one attached hydrogen (secondary N) is 2. The van der Waals surface area contributed by atoms with Crippen molar-refractivity contribution in [1.29, 1.82) is 0 Å². The quantitative estimate of drug-likeness (QED) is 0.877. The van der Waals surface area contributed by atoms with Crippen molar-refractivity contribution < 1.29 is 0 Å². The first-order valence-corrected chi connectivity index (χ1v) is 7.60. The zero-order valence-electron chi connectivity index (χ0n) is 13.0. The normalized spacial score (nSPS) is 18.4. The fourth-order valence-corrected chi connectivity index (χ4v) is 3.07. The molecule has 0 aliphatic carbocycles. The number of hydrogen-bond donors (Lipinski definition) is 2. The minimum atomic E-state index is 0.0242. The summed E-state index contributed by atoms with van der Waals surface area (Å²) in [5, 5.41) is 3.36. The van der Waals surface area contributed by atoms with Crippen LogP contribution in [0.2, 0.25) is 0 Å². The van der Waals surface area contributed by atoms with Crippen LogP contribution >= 0.6 is 0 Å². The summed E-state index contributed by atoms with van der Waals surface area (Å²) in [5.41, 5.74) is 1.70. The van der Waals surface area contributed by atoms with E-state index in [9.17, 15) is 4.79 Å². The molecule has 1 unspecified atom stereocenters. The van der Waals surface area contributed by atoms with Crippen LogP contribution in [0, 0.1) is 6.92 Å². The third-order valence-electron chi connectivity index (χ3n) is 4.04. The monoisotopic (exact) mass is 278 g/mol. The van der Waals surface area contributed by atoms with Crippen LogP contribution in [0.1, 0.15) is 56.2 Å². The molecule has 5 heteroatoms. The van der Waals surface area contributed by atoms with E-state index in [-0.39, 0.29) is 17.5 Å². The number of piperazine rings is 1. The summed E-state index contributed by atoms with van der Waals surface area (Å²) in [6.45, 7) is 12.2. The lowest BCUT2D eigenvalue weighted by Gasteiger charge is -2.33. The van der Waals surface area contributed by atoms with E-state index in [0.29, 0.717) is 0 Å². The molecule has 20 heavy (non-hydrogen) atoms. The Bertz CT molecular complexity index is 503. The van der Waals surface area contributed by atoms with Gasteiger partial charge in [0.05, 0.1) is 6.04 Å². The SMILES string of the molecule is CCC(c1nc(C)c(C(C)C)c(=O)[nH]1)N1CCNCC1. The Morgan fingerprint density at radius 2 is 1.95 bits per heavy atom. The van der Waals surface area contributed by atoms with Crippen molar-refractivity contribution >= 4 is 0 Å². The van der Waals surface area contributed by atoms with Gasteiger partial charge in [0, 0.05) is 37.4 Å². The number of rotatable bonds is 4. The van der Waals surface area contributed by atoms with Crippen LogP contribution in [0.3, 0.4) is 0 Å². The Kier molecular flexibility index (Phi) is 4.94. The topological polar surface area (TPSA) is 61.0 Å². The minimum absolute atomic E-state index is 0.0242. The average molecular weight is 278 g/mol. The summed E-state index contributed by atoms with van der Waals surface area (Å²) in [7, 11) is 0. The Morgan fingerprint density at radius 3 is 2.45 bits per heavy atom. The fraction of sp³-hybridized carbons (Fsp3) is 0.733. The number of H-pyrrole nitrogens is 1. The fourth-order valence-electron chi connectivity index (χ4n) is 3.07. The Morgan fingerprint density at radius 1 is 1.30 bits per heavy atom. The lowest BCUT2D eigenvalue weighted by atomic mass is 10.0. The molecule has 0 bridgehead atoms. The summed E-state index contributed by atoms with van der Waals surface area (Å²) in [4.78, 5) is 22.4. The van der Waals surface area contributed by atoms with E-state index in [4.69, 9.17) is 0 Å². The summed E-state index contributed by atoms with van der Waals surface area (Å²) in [6, 6.07) is 0.213. The summed E-state index contributed by atoms with van der Waals surface area (Å²) in [5.74, 6) is 1.03.